The first-order chi connectivity index (χ1) is 8.29. The number of nitrogens with zero attached hydrogens (tertiary/aromatic N) is 2. The molecule has 1 saturated carbocycles. The molecule has 0 bridgehead atoms. The summed E-state index contributed by atoms with van der Waals surface area (Å²) in [7, 11) is 2.00. The first-order valence-corrected chi connectivity index (χ1v) is 7.02. The zero-order chi connectivity index (χ0) is 12.1. The fourth-order valence-electron chi connectivity index (χ4n) is 2.83. The molecule has 1 aromatic rings. The van der Waals surface area contributed by atoms with Crippen LogP contribution in [-0.2, 0) is 7.05 Å². The predicted octanol–water partition coefficient (Wildman–Crippen LogP) is 3.04. The van der Waals surface area contributed by atoms with Gasteiger partial charge >= 0.3 is 0 Å². The first-order valence-electron chi connectivity index (χ1n) is 7.02. The molecule has 0 radical (unpaired) electrons. The van der Waals surface area contributed by atoms with Crippen molar-refractivity contribution in [3.8, 4) is 0 Å². The molecule has 96 valence electrons. The topological polar surface area (TPSA) is 29.9 Å². The summed E-state index contributed by atoms with van der Waals surface area (Å²) in [6, 6.07) is 2.61. The van der Waals surface area contributed by atoms with Crippen molar-refractivity contribution >= 4 is 0 Å². The van der Waals surface area contributed by atoms with Crippen molar-refractivity contribution in [2.24, 2.45) is 13.0 Å². The lowest BCUT2D eigenvalue weighted by atomic mass is 9.96. The average molecular weight is 235 g/mol. The molecule has 1 heterocycles. The van der Waals surface area contributed by atoms with Gasteiger partial charge in [0.1, 0.15) is 0 Å². The van der Waals surface area contributed by atoms with E-state index < -0.39 is 0 Å². The Hall–Kier alpha value is -0.830. The van der Waals surface area contributed by atoms with Crippen molar-refractivity contribution in [3.05, 3.63) is 18.0 Å². The minimum atomic E-state index is 0.458. The van der Waals surface area contributed by atoms with Crippen LogP contribution in [0.2, 0.25) is 0 Å². The Bertz CT molecular complexity index is 326. The zero-order valence-electron chi connectivity index (χ0n) is 11.2. The molecular formula is C14H25N3. The van der Waals surface area contributed by atoms with E-state index in [4.69, 9.17) is 0 Å². The lowest BCUT2D eigenvalue weighted by Crippen LogP contribution is -2.24. The lowest BCUT2D eigenvalue weighted by molar-refractivity contribution is 0.387. The van der Waals surface area contributed by atoms with Gasteiger partial charge in [0.25, 0.3) is 0 Å². The van der Waals surface area contributed by atoms with Crippen molar-refractivity contribution in [2.75, 3.05) is 6.54 Å². The summed E-state index contributed by atoms with van der Waals surface area (Å²) in [6.45, 7) is 3.31. The molecule has 2 rings (SSSR count). The normalized spacial score (nSPS) is 18.7. The molecule has 1 N–H and O–H groups in total. The summed E-state index contributed by atoms with van der Waals surface area (Å²) in [5.41, 5.74) is 1.22. The van der Waals surface area contributed by atoms with Gasteiger partial charge in [0, 0.05) is 13.2 Å². The molecule has 1 atom stereocenters. The molecule has 0 aromatic carbocycles. The predicted molar refractivity (Wildman–Crippen MR) is 70.8 cm³/mol. The maximum atomic E-state index is 4.56. The zero-order valence-corrected chi connectivity index (χ0v) is 11.2. The van der Waals surface area contributed by atoms with Crippen LogP contribution in [0.5, 0.6) is 0 Å². The van der Waals surface area contributed by atoms with Gasteiger partial charge in [-0.05, 0) is 31.4 Å². The molecule has 0 spiro atoms. The molecule has 17 heavy (non-hydrogen) atoms. The molecule has 0 amide bonds. The third-order valence-electron chi connectivity index (χ3n) is 3.78. The minimum absolute atomic E-state index is 0.458. The summed E-state index contributed by atoms with van der Waals surface area (Å²) >= 11 is 0. The highest BCUT2D eigenvalue weighted by atomic mass is 15.3. The van der Waals surface area contributed by atoms with Gasteiger partial charge in [-0.3, -0.25) is 4.68 Å². The van der Waals surface area contributed by atoms with Crippen molar-refractivity contribution in [1.29, 1.82) is 0 Å². The lowest BCUT2D eigenvalue weighted by Gasteiger charge is -2.20. The van der Waals surface area contributed by atoms with Crippen LogP contribution in [-0.4, -0.2) is 16.3 Å². The SMILES string of the molecule is CCCNC(CC1CCCC1)c1ccn(C)n1. The van der Waals surface area contributed by atoms with Crippen LogP contribution < -0.4 is 5.32 Å². The minimum Gasteiger partial charge on any atom is -0.309 e. The van der Waals surface area contributed by atoms with Crippen molar-refractivity contribution < 1.29 is 0 Å². The van der Waals surface area contributed by atoms with Crippen molar-refractivity contribution in [2.45, 2.75) is 51.5 Å². The van der Waals surface area contributed by atoms with E-state index in [-0.39, 0.29) is 0 Å². The summed E-state index contributed by atoms with van der Waals surface area (Å²) in [6.07, 6.45) is 10.2. The second-order valence-corrected chi connectivity index (χ2v) is 5.31. The molecule has 1 aromatic heterocycles. The Morgan fingerprint density at radius 3 is 2.82 bits per heavy atom. The molecule has 1 aliphatic carbocycles. The fourth-order valence-corrected chi connectivity index (χ4v) is 2.83. The van der Waals surface area contributed by atoms with E-state index in [2.05, 4.69) is 23.4 Å². The van der Waals surface area contributed by atoms with E-state index >= 15 is 0 Å². The average Bonchev–Trinajstić information content (AvgIpc) is 2.95. The summed E-state index contributed by atoms with van der Waals surface area (Å²) in [5.74, 6) is 0.909. The number of aromatic nitrogens is 2. The Labute approximate surface area is 105 Å². The quantitative estimate of drug-likeness (QED) is 0.821. The molecule has 0 saturated heterocycles. The van der Waals surface area contributed by atoms with Crippen LogP contribution in [0.25, 0.3) is 0 Å². The maximum Gasteiger partial charge on any atom is 0.0793 e. The largest absolute Gasteiger partial charge is 0.309 e. The molecule has 3 nitrogen and oxygen atoms in total. The summed E-state index contributed by atoms with van der Waals surface area (Å²) in [4.78, 5) is 0. The van der Waals surface area contributed by atoms with Crippen LogP contribution >= 0.6 is 0 Å². The van der Waals surface area contributed by atoms with Crippen LogP contribution in [0.1, 0.15) is 57.2 Å². The monoisotopic (exact) mass is 235 g/mol. The second kappa shape index (κ2) is 6.20. The number of nitrogens with one attached hydrogen (secondary N) is 1. The highest BCUT2D eigenvalue weighted by molar-refractivity contribution is 5.05. The summed E-state index contributed by atoms with van der Waals surface area (Å²) in [5, 5.41) is 8.21. The molecule has 1 unspecified atom stereocenters. The number of aryl methyl sites for hydroxylation is 1. The van der Waals surface area contributed by atoms with E-state index in [1.807, 2.05) is 17.9 Å². The van der Waals surface area contributed by atoms with Gasteiger partial charge in [-0.1, -0.05) is 32.6 Å². The molecule has 1 fully saturated rings. The highest BCUT2D eigenvalue weighted by Crippen LogP contribution is 2.32. The summed E-state index contributed by atoms with van der Waals surface area (Å²) < 4.78 is 1.91. The molecule has 1 aliphatic rings. The van der Waals surface area contributed by atoms with Gasteiger partial charge in [-0.15, -0.1) is 0 Å². The Morgan fingerprint density at radius 1 is 1.47 bits per heavy atom. The standard InChI is InChI=1S/C14H25N3/c1-3-9-15-14(11-12-6-4-5-7-12)13-8-10-17(2)16-13/h8,10,12,14-15H,3-7,9,11H2,1-2H3. The van der Waals surface area contributed by atoms with Crippen molar-refractivity contribution in [1.82, 2.24) is 15.1 Å². The maximum absolute atomic E-state index is 4.56. The van der Waals surface area contributed by atoms with Crippen LogP contribution in [0, 0.1) is 5.92 Å². The second-order valence-electron chi connectivity index (χ2n) is 5.31. The number of hydrogen-bond donors (Lipinski definition) is 1. The molecule has 3 heteroatoms. The Kier molecular flexibility index (Phi) is 4.60. The molecular weight excluding hydrogens is 210 g/mol. The fraction of sp³-hybridized carbons (Fsp3) is 0.786. The first kappa shape index (κ1) is 12.6. The van der Waals surface area contributed by atoms with Gasteiger partial charge in [0.05, 0.1) is 11.7 Å². The third-order valence-corrected chi connectivity index (χ3v) is 3.78. The van der Waals surface area contributed by atoms with Crippen LogP contribution in [0.15, 0.2) is 12.3 Å². The van der Waals surface area contributed by atoms with Gasteiger partial charge in [-0.2, -0.15) is 5.10 Å². The van der Waals surface area contributed by atoms with Gasteiger partial charge in [0.2, 0.25) is 0 Å². The van der Waals surface area contributed by atoms with Crippen molar-refractivity contribution in [3.63, 3.8) is 0 Å². The van der Waals surface area contributed by atoms with Gasteiger partial charge < -0.3 is 5.32 Å². The van der Waals surface area contributed by atoms with Gasteiger partial charge in [-0.25, -0.2) is 0 Å². The smallest absolute Gasteiger partial charge is 0.0793 e. The number of hydrogen-bond acceptors (Lipinski definition) is 2. The highest BCUT2D eigenvalue weighted by Gasteiger charge is 2.22. The van der Waals surface area contributed by atoms with Gasteiger partial charge in [0.15, 0.2) is 0 Å². The van der Waals surface area contributed by atoms with E-state index in [1.165, 1.54) is 44.2 Å². The van der Waals surface area contributed by atoms with Crippen LogP contribution in [0.3, 0.4) is 0 Å². The van der Waals surface area contributed by atoms with E-state index in [0.717, 1.165) is 12.5 Å². The third kappa shape index (κ3) is 3.56. The van der Waals surface area contributed by atoms with E-state index in [0.29, 0.717) is 6.04 Å². The van der Waals surface area contributed by atoms with Crippen LogP contribution in [0.4, 0.5) is 0 Å². The Morgan fingerprint density at radius 2 is 2.24 bits per heavy atom. The number of rotatable bonds is 6. The molecule has 0 aliphatic heterocycles. The van der Waals surface area contributed by atoms with E-state index in [1.54, 1.807) is 0 Å². The Balaban J connectivity index is 1.96. The van der Waals surface area contributed by atoms with E-state index in [9.17, 15) is 0 Å².